The standard InChI is InChI=1S/C24H31N3O3/c1-19(26-30-16-5-9-20-7-3-2-4-8-20)21-10-12-22(13-11-21)23(29)27-15-6-14-24(25,17-27)18-28/h2-4,7-8,10-13,28H,5-6,9,14-18,25H2,1H3. The van der Waals surface area contributed by atoms with Crippen LogP contribution in [-0.4, -0.2) is 53.5 Å². The first kappa shape index (κ1) is 22.0. The van der Waals surface area contributed by atoms with Crippen LogP contribution in [-0.2, 0) is 11.3 Å². The van der Waals surface area contributed by atoms with Crippen molar-refractivity contribution >= 4 is 11.6 Å². The minimum atomic E-state index is -0.699. The molecule has 0 saturated carbocycles. The summed E-state index contributed by atoms with van der Waals surface area (Å²) in [5.74, 6) is -0.0590. The summed E-state index contributed by atoms with van der Waals surface area (Å²) in [5.41, 5.74) is 9.04. The normalized spacial score (nSPS) is 19.6. The molecule has 1 aliphatic rings. The fourth-order valence-electron chi connectivity index (χ4n) is 3.68. The van der Waals surface area contributed by atoms with E-state index in [-0.39, 0.29) is 12.5 Å². The highest BCUT2D eigenvalue weighted by molar-refractivity contribution is 6.00. The Kier molecular flexibility index (Phi) is 7.60. The molecule has 0 aromatic heterocycles. The van der Waals surface area contributed by atoms with Gasteiger partial charge in [-0.1, -0.05) is 47.6 Å². The predicted octanol–water partition coefficient (Wildman–Crippen LogP) is 2.99. The lowest BCUT2D eigenvalue weighted by Gasteiger charge is -2.39. The number of carbonyl (C=O) groups is 1. The van der Waals surface area contributed by atoms with Crippen LogP contribution in [0.4, 0.5) is 0 Å². The Morgan fingerprint density at radius 2 is 1.87 bits per heavy atom. The highest BCUT2D eigenvalue weighted by Gasteiger charge is 2.33. The van der Waals surface area contributed by atoms with Crippen molar-refractivity contribution in [1.82, 2.24) is 4.90 Å². The van der Waals surface area contributed by atoms with Gasteiger partial charge in [0, 0.05) is 18.7 Å². The SMILES string of the molecule is CC(=NOCCCc1ccccc1)c1ccc(C(=O)N2CCCC(N)(CO)C2)cc1. The number of oxime groups is 1. The molecule has 160 valence electrons. The summed E-state index contributed by atoms with van der Waals surface area (Å²) in [6.45, 7) is 3.38. The molecule has 6 nitrogen and oxygen atoms in total. The number of benzene rings is 2. The summed E-state index contributed by atoms with van der Waals surface area (Å²) >= 11 is 0. The molecule has 0 spiro atoms. The summed E-state index contributed by atoms with van der Waals surface area (Å²) in [4.78, 5) is 20.0. The molecule has 0 radical (unpaired) electrons. The predicted molar refractivity (Wildman–Crippen MR) is 119 cm³/mol. The van der Waals surface area contributed by atoms with Gasteiger partial charge in [-0.15, -0.1) is 0 Å². The van der Waals surface area contributed by atoms with Crippen molar-refractivity contribution in [3.05, 3.63) is 71.3 Å². The van der Waals surface area contributed by atoms with Gasteiger partial charge in [-0.3, -0.25) is 4.79 Å². The lowest BCUT2D eigenvalue weighted by Crippen LogP contribution is -2.57. The minimum absolute atomic E-state index is 0.0590. The second kappa shape index (κ2) is 10.4. The molecule has 3 N–H and O–H groups in total. The van der Waals surface area contributed by atoms with Gasteiger partial charge in [-0.05, 0) is 55.9 Å². The zero-order valence-corrected chi connectivity index (χ0v) is 17.6. The number of amides is 1. The lowest BCUT2D eigenvalue weighted by molar-refractivity contribution is 0.0559. The van der Waals surface area contributed by atoms with Gasteiger partial charge in [0.2, 0.25) is 0 Å². The first-order valence-electron chi connectivity index (χ1n) is 10.5. The number of carbonyl (C=O) groups excluding carboxylic acids is 1. The Labute approximate surface area is 178 Å². The van der Waals surface area contributed by atoms with Gasteiger partial charge in [0.05, 0.1) is 17.9 Å². The van der Waals surface area contributed by atoms with E-state index in [4.69, 9.17) is 10.6 Å². The number of aliphatic hydroxyl groups is 1. The van der Waals surface area contributed by atoms with Crippen LogP contribution < -0.4 is 5.73 Å². The van der Waals surface area contributed by atoms with E-state index < -0.39 is 5.54 Å². The summed E-state index contributed by atoms with van der Waals surface area (Å²) in [6, 6.07) is 17.7. The molecule has 0 bridgehead atoms. The van der Waals surface area contributed by atoms with E-state index in [1.54, 1.807) is 17.0 Å². The summed E-state index contributed by atoms with van der Waals surface area (Å²) in [6.07, 6.45) is 3.39. The number of hydrogen-bond donors (Lipinski definition) is 2. The van der Waals surface area contributed by atoms with Crippen LogP contribution in [0.2, 0.25) is 0 Å². The van der Waals surface area contributed by atoms with Crippen molar-refractivity contribution in [2.24, 2.45) is 10.9 Å². The van der Waals surface area contributed by atoms with Crippen LogP contribution in [0.25, 0.3) is 0 Å². The first-order valence-corrected chi connectivity index (χ1v) is 10.5. The van der Waals surface area contributed by atoms with Crippen LogP contribution in [0.1, 0.15) is 47.7 Å². The van der Waals surface area contributed by atoms with Crippen molar-refractivity contribution < 1.29 is 14.7 Å². The number of nitrogens with two attached hydrogens (primary N) is 1. The number of nitrogens with zero attached hydrogens (tertiary/aromatic N) is 2. The second-order valence-electron chi connectivity index (χ2n) is 8.03. The zero-order chi connectivity index (χ0) is 21.4. The zero-order valence-electron chi connectivity index (χ0n) is 17.6. The van der Waals surface area contributed by atoms with Gasteiger partial charge in [-0.2, -0.15) is 0 Å². The maximum absolute atomic E-state index is 12.8. The lowest BCUT2D eigenvalue weighted by atomic mass is 9.90. The third-order valence-electron chi connectivity index (χ3n) is 5.51. The van der Waals surface area contributed by atoms with Crippen molar-refractivity contribution in [1.29, 1.82) is 0 Å². The van der Waals surface area contributed by atoms with Crippen molar-refractivity contribution in [3.8, 4) is 0 Å². The van der Waals surface area contributed by atoms with E-state index in [9.17, 15) is 9.90 Å². The summed E-state index contributed by atoms with van der Waals surface area (Å²) < 4.78 is 0. The molecule has 1 saturated heterocycles. The molecule has 1 heterocycles. The van der Waals surface area contributed by atoms with Crippen molar-refractivity contribution in [2.75, 3.05) is 26.3 Å². The first-order chi connectivity index (χ1) is 14.5. The molecule has 1 unspecified atom stereocenters. The van der Waals surface area contributed by atoms with E-state index in [2.05, 4.69) is 17.3 Å². The summed E-state index contributed by atoms with van der Waals surface area (Å²) in [7, 11) is 0. The van der Waals surface area contributed by atoms with E-state index in [0.717, 1.165) is 37.0 Å². The van der Waals surface area contributed by atoms with E-state index in [1.807, 2.05) is 37.3 Å². The molecule has 30 heavy (non-hydrogen) atoms. The minimum Gasteiger partial charge on any atom is -0.396 e. The van der Waals surface area contributed by atoms with Gasteiger partial charge in [0.25, 0.3) is 5.91 Å². The molecule has 0 aliphatic carbocycles. The fraction of sp³-hybridized carbons (Fsp3) is 0.417. The molecular weight excluding hydrogens is 378 g/mol. The number of aliphatic hydroxyl groups excluding tert-OH is 1. The third kappa shape index (κ3) is 5.90. The molecule has 3 rings (SSSR count). The van der Waals surface area contributed by atoms with Crippen molar-refractivity contribution in [3.63, 3.8) is 0 Å². The smallest absolute Gasteiger partial charge is 0.253 e. The summed E-state index contributed by atoms with van der Waals surface area (Å²) in [5, 5.41) is 13.7. The fourth-order valence-corrected chi connectivity index (χ4v) is 3.68. The van der Waals surface area contributed by atoms with E-state index in [0.29, 0.717) is 25.3 Å². The topological polar surface area (TPSA) is 88.2 Å². The van der Waals surface area contributed by atoms with Crippen molar-refractivity contribution in [2.45, 2.75) is 38.1 Å². The Hall–Kier alpha value is -2.70. The van der Waals surface area contributed by atoms with Crippen LogP contribution in [0.3, 0.4) is 0 Å². The Morgan fingerprint density at radius 1 is 1.17 bits per heavy atom. The van der Waals surface area contributed by atoms with Gasteiger partial charge in [-0.25, -0.2) is 0 Å². The molecule has 1 atom stereocenters. The maximum atomic E-state index is 12.8. The maximum Gasteiger partial charge on any atom is 0.253 e. The molecule has 1 fully saturated rings. The largest absolute Gasteiger partial charge is 0.396 e. The monoisotopic (exact) mass is 409 g/mol. The van der Waals surface area contributed by atoms with Crippen LogP contribution in [0, 0.1) is 0 Å². The quantitative estimate of drug-likeness (QED) is 0.399. The van der Waals surface area contributed by atoms with Gasteiger partial charge in [0.15, 0.2) is 0 Å². The van der Waals surface area contributed by atoms with Crippen LogP contribution in [0.5, 0.6) is 0 Å². The number of likely N-dealkylation sites (tertiary alicyclic amines) is 1. The number of piperidine rings is 1. The van der Waals surface area contributed by atoms with Gasteiger partial charge < -0.3 is 20.6 Å². The average Bonchev–Trinajstić information content (AvgIpc) is 2.79. The average molecular weight is 410 g/mol. The molecule has 2 aromatic carbocycles. The Balaban J connectivity index is 1.50. The van der Waals surface area contributed by atoms with Gasteiger partial charge in [0.1, 0.15) is 6.61 Å². The van der Waals surface area contributed by atoms with E-state index in [1.165, 1.54) is 5.56 Å². The molecule has 2 aromatic rings. The number of rotatable bonds is 8. The Bertz CT molecular complexity index is 852. The molecular formula is C24H31N3O3. The van der Waals surface area contributed by atoms with Crippen LogP contribution >= 0.6 is 0 Å². The number of hydrogen-bond acceptors (Lipinski definition) is 5. The highest BCUT2D eigenvalue weighted by Crippen LogP contribution is 2.20. The number of aryl methyl sites for hydroxylation is 1. The molecule has 1 amide bonds. The Morgan fingerprint density at radius 3 is 2.57 bits per heavy atom. The molecule has 6 heteroatoms. The highest BCUT2D eigenvalue weighted by atomic mass is 16.6. The van der Waals surface area contributed by atoms with E-state index >= 15 is 0 Å². The third-order valence-corrected chi connectivity index (χ3v) is 5.51. The van der Waals surface area contributed by atoms with Crippen LogP contribution in [0.15, 0.2) is 59.8 Å². The second-order valence-corrected chi connectivity index (χ2v) is 8.03. The molecule has 1 aliphatic heterocycles. The van der Waals surface area contributed by atoms with Gasteiger partial charge >= 0.3 is 0 Å².